The molecule has 1 aromatic heterocycles. The van der Waals surface area contributed by atoms with Crippen LogP contribution in [0.1, 0.15) is 34.8 Å². The lowest BCUT2D eigenvalue weighted by Gasteiger charge is -2.30. The number of aromatic nitrogens is 2. The van der Waals surface area contributed by atoms with E-state index >= 15 is 0 Å². The molecule has 1 aliphatic heterocycles. The predicted octanol–water partition coefficient (Wildman–Crippen LogP) is 2.38. The SMILES string of the molecule is NC(=O)c1ccccc1-n1nc(C2CCN(C(N)=O)CC2)c2ccccc21. The molecular weight excluding hydrogens is 342 g/mol. The number of fused-ring (bicyclic) bond motifs is 1. The van der Waals surface area contributed by atoms with Crippen molar-refractivity contribution in [2.24, 2.45) is 11.5 Å². The van der Waals surface area contributed by atoms with Gasteiger partial charge >= 0.3 is 6.03 Å². The topological polar surface area (TPSA) is 107 Å². The summed E-state index contributed by atoms with van der Waals surface area (Å²) in [6, 6.07) is 14.8. The Morgan fingerprint density at radius 1 is 0.963 bits per heavy atom. The van der Waals surface area contributed by atoms with Gasteiger partial charge in [-0.25, -0.2) is 9.48 Å². The fraction of sp³-hybridized carbons (Fsp3) is 0.250. The second-order valence-corrected chi connectivity index (χ2v) is 6.80. The largest absolute Gasteiger partial charge is 0.366 e. The fourth-order valence-electron chi connectivity index (χ4n) is 3.82. The Hall–Kier alpha value is -3.35. The first-order valence-electron chi connectivity index (χ1n) is 8.97. The second-order valence-electron chi connectivity index (χ2n) is 6.80. The van der Waals surface area contributed by atoms with Crippen molar-refractivity contribution in [3.63, 3.8) is 0 Å². The molecule has 1 aliphatic rings. The van der Waals surface area contributed by atoms with Crippen molar-refractivity contribution in [3.8, 4) is 5.69 Å². The number of hydrogen-bond donors (Lipinski definition) is 2. The molecule has 0 bridgehead atoms. The third-order valence-corrected chi connectivity index (χ3v) is 5.21. The van der Waals surface area contributed by atoms with Crippen LogP contribution in [0.15, 0.2) is 48.5 Å². The van der Waals surface area contributed by atoms with Crippen LogP contribution in [0.4, 0.5) is 4.79 Å². The van der Waals surface area contributed by atoms with Crippen LogP contribution in [-0.2, 0) is 0 Å². The van der Waals surface area contributed by atoms with Gasteiger partial charge in [0.1, 0.15) is 0 Å². The molecule has 0 aliphatic carbocycles. The zero-order chi connectivity index (χ0) is 19.0. The zero-order valence-electron chi connectivity index (χ0n) is 14.8. The van der Waals surface area contributed by atoms with Crippen LogP contribution in [0.2, 0.25) is 0 Å². The summed E-state index contributed by atoms with van der Waals surface area (Å²) in [5.41, 5.74) is 14.0. The van der Waals surface area contributed by atoms with Crippen molar-refractivity contribution < 1.29 is 9.59 Å². The molecule has 3 amide bonds. The van der Waals surface area contributed by atoms with E-state index < -0.39 is 5.91 Å². The summed E-state index contributed by atoms with van der Waals surface area (Å²) < 4.78 is 1.80. The van der Waals surface area contributed by atoms with E-state index in [1.807, 2.05) is 36.4 Å². The van der Waals surface area contributed by atoms with Crippen LogP contribution in [0.25, 0.3) is 16.6 Å². The van der Waals surface area contributed by atoms with Gasteiger partial charge in [0.05, 0.1) is 22.5 Å². The highest BCUT2D eigenvalue weighted by atomic mass is 16.2. The molecule has 138 valence electrons. The lowest BCUT2D eigenvalue weighted by Crippen LogP contribution is -2.41. The van der Waals surface area contributed by atoms with E-state index in [2.05, 4.69) is 0 Å². The lowest BCUT2D eigenvalue weighted by atomic mass is 9.92. The van der Waals surface area contributed by atoms with Gasteiger partial charge in [-0.15, -0.1) is 0 Å². The van der Waals surface area contributed by atoms with Crippen LogP contribution in [0.5, 0.6) is 0 Å². The highest BCUT2D eigenvalue weighted by molar-refractivity contribution is 5.97. The molecule has 7 heteroatoms. The third kappa shape index (κ3) is 3.01. The normalized spacial score (nSPS) is 15.2. The van der Waals surface area contributed by atoms with Crippen molar-refractivity contribution in [1.82, 2.24) is 14.7 Å². The standard InChI is InChI=1S/C20H21N5O2/c21-19(26)15-6-2-4-8-17(15)25-16-7-3-1-5-14(16)18(23-25)13-9-11-24(12-10-13)20(22)27/h1-8,13H,9-12H2,(H2,21,26)(H2,22,27). The number of primary amides is 2. The first kappa shape index (κ1) is 17.1. The Labute approximate surface area is 156 Å². The number of urea groups is 1. The van der Waals surface area contributed by atoms with Gasteiger partial charge in [-0.1, -0.05) is 30.3 Å². The van der Waals surface area contributed by atoms with Crippen molar-refractivity contribution in [2.75, 3.05) is 13.1 Å². The van der Waals surface area contributed by atoms with Crippen molar-refractivity contribution >= 4 is 22.8 Å². The highest BCUT2D eigenvalue weighted by Crippen LogP contribution is 2.34. The molecule has 7 nitrogen and oxygen atoms in total. The first-order valence-corrected chi connectivity index (χ1v) is 8.97. The quantitative estimate of drug-likeness (QED) is 0.746. The summed E-state index contributed by atoms with van der Waals surface area (Å²) in [6.07, 6.45) is 1.61. The summed E-state index contributed by atoms with van der Waals surface area (Å²) in [7, 11) is 0. The van der Waals surface area contributed by atoms with Gasteiger partial charge in [0.2, 0.25) is 0 Å². The zero-order valence-corrected chi connectivity index (χ0v) is 14.8. The number of nitrogens with zero attached hydrogens (tertiary/aromatic N) is 3. The second kappa shape index (κ2) is 6.75. The molecule has 2 heterocycles. The minimum absolute atomic E-state index is 0.229. The molecule has 0 spiro atoms. The third-order valence-electron chi connectivity index (χ3n) is 5.21. The van der Waals surface area contributed by atoms with E-state index in [9.17, 15) is 9.59 Å². The number of para-hydroxylation sites is 2. The number of likely N-dealkylation sites (tertiary alicyclic amines) is 1. The van der Waals surface area contributed by atoms with Gasteiger partial charge in [-0.3, -0.25) is 4.79 Å². The van der Waals surface area contributed by atoms with Crippen LogP contribution in [-0.4, -0.2) is 39.7 Å². The number of benzene rings is 2. The number of carbonyl (C=O) groups is 2. The first-order chi connectivity index (χ1) is 13.1. The minimum atomic E-state index is -0.485. The molecule has 1 fully saturated rings. The molecule has 27 heavy (non-hydrogen) atoms. The van der Waals surface area contributed by atoms with Gasteiger partial charge in [-0.05, 0) is 31.0 Å². The molecule has 4 rings (SSSR count). The summed E-state index contributed by atoms with van der Waals surface area (Å²) in [4.78, 5) is 24.9. The van der Waals surface area contributed by atoms with Crippen molar-refractivity contribution in [1.29, 1.82) is 0 Å². The van der Waals surface area contributed by atoms with Crippen LogP contribution >= 0.6 is 0 Å². The molecule has 4 N–H and O–H groups in total. The van der Waals surface area contributed by atoms with Crippen LogP contribution in [0.3, 0.4) is 0 Å². The number of hydrogen-bond acceptors (Lipinski definition) is 3. The fourth-order valence-corrected chi connectivity index (χ4v) is 3.82. The predicted molar refractivity (Wildman–Crippen MR) is 103 cm³/mol. The van der Waals surface area contributed by atoms with Crippen molar-refractivity contribution in [2.45, 2.75) is 18.8 Å². The average Bonchev–Trinajstić information content (AvgIpc) is 3.07. The van der Waals surface area contributed by atoms with Gasteiger partial charge in [-0.2, -0.15) is 5.10 Å². The minimum Gasteiger partial charge on any atom is -0.366 e. The molecular formula is C20H21N5O2. The average molecular weight is 363 g/mol. The van der Waals surface area contributed by atoms with Crippen LogP contribution < -0.4 is 11.5 Å². The number of rotatable bonds is 3. The molecule has 0 atom stereocenters. The van der Waals surface area contributed by atoms with E-state index in [-0.39, 0.29) is 11.9 Å². The number of carbonyl (C=O) groups excluding carboxylic acids is 2. The van der Waals surface area contributed by atoms with E-state index in [1.54, 1.807) is 21.7 Å². The molecule has 0 saturated carbocycles. The summed E-state index contributed by atoms with van der Waals surface area (Å²) in [5, 5.41) is 5.92. The summed E-state index contributed by atoms with van der Waals surface area (Å²) in [6.45, 7) is 1.25. The number of amides is 3. The van der Waals surface area contributed by atoms with E-state index in [0.29, 0.717) is 24.3 Å². The smallest absolute Gasteiger partial charge is 0.314 e. The molecule has 0 unspecified atom stereocenters. The number of nitrogens with two attached hydrogens (primary N) is 2. The Balaban J connectivity index is 1.79. The summed E-state index contributed by atoms with van der Waals surface area (Å²) >= 11 is 0. The molecule has 3 aromatic rings. The molecule has 0 radical (unpaired) electrons. The van der Waals surface area contributed by atoms with E-state index in [1.165, 1.54) is 0 Å². The monoisotopic (exact) mass is 363 g/mol. The van der Waals surface area contributed by atoms with Gasteiger partial charge in [0.15, 0.2) is 0 Å². The lowest BCUT2D eigenvalue weighted by molar-refractivity contribution is 0.1000. The maximum atomic E-state index is 11.9. The van der Waals surface area contributed by atoms with E-state index in [0.717, 1.165) is 29.4 Å². The maximum absolute atomic E-state index is 11.9. The maximum Gasteiger partial charge on any atom is 0.314 e. The van der Waals surface area contributed by atoms with Crippen LogP contribution in [0, 0.1) is 0 Å². The van der Waals surface area contributed by atoms with E-state index in [4.69, 9.17) is 16.6 Å². The van der Waals surface area contributed by atoms with Gasteiger partial charge < -0.3 is 16.4 Å². The molecule has 1 saturated heterocycles. The van der Waals surface area contributed by atoms with Crippen molar-refractivity contribution in [3.05, 3.63) is 59.8 Å². The molecule has 2 aromatic carbocycles. The number of piperidine rings is 1. The van der Waals surface area contributed by atoms with Gasteiger partial charge in [0.25, 0.3) is 5.91 Å². The Morgan fingerprint density at radius 3 is 2.33 bits per heavy atom. The highest BCUT2D eigenvalue weighted by Gasteiger charge is 2.27. The Bertz CT molecular complexity index is 1020. The Morgan fingerprint density at radius 2 is 1.63 bits per heavy atom. The van der Waals surface area contributed by atoms with Gasteiger partial charge in [0, 0.05) is 24.4 Å². The Kier molecular flexibility index (Phi) is 4.27. The summed E-state index contributed by atoms with van der Waals surface area (Å²) in [5.74, 6) is -0.256.